The number of hydrogen-bond acceptors (Lipinski definition) is 7. The van der Waals surface area contributed by atoms with Crippen LogP contribution in [0.2, 0.25) is 0 Å². The van der Waals surface area contributed by atoms with Crippen LogP contribution >= 0.6 is 35.3 Å². The summed E-state index contributed by atoms with van der Waals surface area (Å²) in [4.78, 5) is 40.1. The van der Waals surface area contributed by atoms with Gasteiger partial charge in [-0.05, 0) is 43.4 Å². The quantitative estimate of drug-likeness (QED) is 0.503. The number of carbonyl (C=O) groups excluding carboxylic acids is 3. The van der Waals surface area contributed by atoms with Crippen molar-refractivity contribution in [2.24, 2.45) is 5.73 Å². The summed E-state index contributed by atoms with van der Waals surface area (Å²) in [5.74, 6) is -0.502. The Morgan fingerprint density at radius 3 is 2.87 bits per heavy atom. The van der Waals surface area contributed by atoms with E-state index in [1.165, 1.54) is 34.3 Å². The lowest BCUT2D eigenvalue weighted by atomic mass is 9.95. The van der Waals surface area contributed by atoms with Crippen molar-refractivity contribution in [2.75, 3.05) is 11.9 Å². The van der Waals surface area contributed by atoms with E-state index in [2.05, 4.69) is 5.32 Å². The van der Waals surface area contributed by atoms with E-state index in [4.69, 9.17) is 22.4 Å². The number of fused-ring (bicyclic) bond motifs is 1. The first-order valence-corrected chi connectivity index (χ1v) is 11.5. The van der Waals surface area contributed by atoms with Crippen molar-refractivity contribution in [1.82, 2.24) is 4.90 Å². The predicted octanol–water partition coefficient (Wildman–Crippen LogP) is 3.55. The molecule has 0 saturated carbocycles. The van der Waals surface area contributed by atoms with Crippen molar-refractivity contribution in [3.63, 3.8) is 0 Å². The van der Waals surface area contributed by atoms with Crippen LogP contribution in [-0.4, -0.2) is 33.5 Å². The van der Waals surface area contributed by atoms with Crippen molar-refractivity contribution in [3.05, 3.63) is 45.1 Å². The molecule has 0 bridgehead atoms. The molecule has 2 aliphatic rings. The standard InChI is InChI=1S/C20H19N3O4S3/c21-17(25)16-12-5-1-2-6-13(12)29-18(16)22-15(24)7-8-23-19(26)14(30-20(23)28)10-11-4-3-9-27-11/h3-4,9-10H,1-2,5-8H2,(H2,21,25)(H,22,24). The first kappa shape index (κ1) is 20.8. The molecule has 0 radical (unpaired) electrons. The van der Waals surface area contributed by atoms with Crippen LogP contribution < -0.4 is 11.1 Å². The number of nitrogens with one attached hydrogen (secondary N) is 1. The van der Waals surface area contributed by atoms with Crippen molar-refractivity contribution in [1.29, 1.82) is 0 Å². The molecule has 4 rings (SSSR count). The third-order valence-electron chi connectivity index (χ3n) is 4.92. The Balaban J connectivity index is 1.41. The van der Waals surface area contributed by atoms with Gasteiger partial charge in [0.25, 0.3) is 11.8 Å². The van der Waals surface area contributed by atoms with E-state index in [0.29, 0.717) is 25.6 Å². The fraction of sp³-hybridized carbons (Fsp3) is 0.300. The van der Waals surface area contributed by atoms with Crippen LogP contribution in [0.25, 0.3) is 6.08 Å². The Labute approximate surface area is 186 Å². The number of amides is 3. The molecule has 1 saturated heterocycles. The Morgan fingerprint density at radius 1 is 1.33 bits per heavy atom. The molecule has 0 aromatic carbocycles. The molecule has 7 nitrogen and oxygen atoms in total. The molecular formula is C20H19N3O4S3. The Bertz CT molecular complexity index is 1060. The molecule has 10 heteroatoms. The number of anilines is 1. The third-order valence-corrected chi connectivity index (χ3v) is 7.51. The van der Waals surface area contributed by atoms with Crippen molar-refractivity contribution < 1.29 is 18.8 Å². The summed E-state index contributed by atoms with van der Waals surface area (Å²) >= 11 is 7.89. The monoisotopic (exact) mass is 461 g/mol. The Morgan fingerprint density at radius 2 is 2.13 bits per heavy atom. The van der Waals surface area contributed by atoms with Crippen LogP contribution in [0, 0.1) is 0 Å². The largest absolute Gasteiger partial charge is 0.465 e. The molecule has 3 N–H and O–H groups in total. The third kappa shape index (κ3) is 4.21. The average molecular weight is 462 g/mol. The van der Waals surface area contributed by atoms with Crippen LogP contribution in [-0.2, 0) is 22.4 Å². The van der Waals surface area contributed by atoms with Gasteiger partial charge in [0.2, 0.25) is 5.91 Å². The fourth-order valence-corrected chi connectivity index (χ4v) is 6.11. The van der Waals surface area contributed by atoms with Crippen LogP contribution in [0.15, 0.2) is 27.7 Å². The zero-order valence-corrected chi connectivity index (χ0v) is 18.4. The second-order valence-corrected chi connectivity index (χ2v) is 9.71. The van der Waals surface area contributed by atoms with Gasteiger partial charge in [0.15, 0.2) is 0 Å². The van der Waals surface area contributed by atoms with Gasteiger partial charge < -0.3 is 15.5 Å². The number of primary amides is 1. The predicted molar refractivity (Wildman–Crippen MR) is 121 cm³/mol. The Hall–Kier alpha value is -2.43. The maximum absolute atomic E-state index is 12.6. The molecule has 2 aromatic rings. The molecule has 1 fully saturated rings. The minimum absolute atomic E-state index is 0.0568. The molecule has 30 heavy (non-hydrogen) atoms. The molecular weight excluding hydrogens is 442 g/mol. The SMILES string of the molecule is NC(=O)c1c(NC(=O)CCN2C(=O)C(=Cc3ccco3)SC2=S)sc2c1CCCC2. The molecule has 3 amide bonds. The van der Waals surface area contributed by atoms with Gasteiger partial charge in [0, 0.05) is 23.9 Å². The highest BCUT2D eigenvalue weighted by Gasteiger charge is 2.32. The zero-order valence-electron chi connectivity index (χ0n) is 15.9. The first-order chi connectivity index (χ1) is 14.4. The number of hydrogen-bond donors (Lipinski definition) is 2. The minimum atomic E-state index is -0.523. The molecule has 3 heterocycles. The normalized spacial score (nSPS) is 17.5. The van der Waals surface area contributed by atoms with Crippen LogP contribution in [0.4, 0.5) is 5.00 Å². The van der Waals surface area contributed by atoms with Gasteiger partial charge in [-0.15, -0.1) is 11.3 Å². The lowest BCUT2D eigenvalue weighted by Gasteiger charge is -2.14. The summed E-state index contributed by atoms with van der Waals surface area (Å²) < 4.78 is 5.64. The van der Waals surface area contributed by atoms with Gasteiger partial charge in [-0.25, -0.2) is 0 Å². The highest BCUT2D eigenvalue weighted by molar-refractivity contribution is 8.26. The summed E-state index contributed by atoms with van der Waals surface area (Å²) in [7, 11) is 0. The first-order valence-electron chi connectivity index (χ1n) is 9.47. The highest BCUT2D eigenvalue weighted by Crippen LogP contribution is 2.38. The minimum Gasteiger partial charge on any atom is -0.465 e. The highest BCUT2D eigenvalue weighted by atomic mass is 32.2. The second kappa shape index (κ2) is 8.75. The van der Waals surface area contributed by atoms with E-state index in [9.17, 15) is 14.4 Å². The number of thiocarbonyl (C=S) groups is 1. The summed E-state index contributed by atoms with van der Waals surface area (Å²) in [6.45, 7) is 0.156. The summed E-state index contributed by atoms with van der Waals surface area (Å²) in [6.07, 6.45) is 7.00. The maximum atomic E-state index is 12.6. The van der Waals surface area contributed by atoms with Gasteiger partial charge in [-0.1, -0.05) is 24.0 Å². The molecule has 0 unspecified atom stereocenters. The maximum Gasteiger partial charge on any atom is 0.266 e. The second-order valence-electron chi connectivity index (χ2n) is 6.93. The summed E-state index contributed by atoms with van der Waals surface area (Å²) in [5.41, 5.74) is 6.96. The number of nitrogens with zero attached hydrogens (tertiary/aromatic N) is 1. The van der Waals surface area contributed by atoms with Gasteiger partial charge in [0.05, 0.1) is 16.7 Å². The average Bonchev–Trinajstić information content (AvgIpc) is 3.39. The molecule has 1 aliphatic carbocycles. The fourth-order valence-electron chi connectivity index (χ4n) is 3.51. The van der Waals surface area contributed by atoms with E-state index in [1.54, 1.807) is 18.2 Å². The number of thioether (sulfide) groups is 1. The topological polar surface area (TPSA) is 106 Å². The van der Waals surface area contributed by atoms with E-state index >= 15 is 0 Å². The smallest absolute Gasteiger partial charge is 0.266 e. The van der Waals surface area contributed by atoms with Crippen molar-refractivity contribution in [2.45, 2.75) is 32.1 Å². The lowest BCUT2D eigenvalue weighted by Crippen LogP contribution is -2.31. The number of aryl methyl sites for hydroxylation is 1. The van der Waals surface area contributed by atoms with Gasteiger partial charge in [-0.2, -0.15) is 0 Å². The van der Waals surface area contributed by atoms with E-state index < -0.39 is 5.91 Å². The zero-order chi connectivity index (χ0) is 21.3. The van der Waals surface area contributed by atoms with E-state index in [1.807, 2.05) is 0 Å². The van der Waals surface area contributed by atoms with Crippen LogP contribution in [0.5, 0.6) is 0 Å². The van der Waals surface area contributed by atoms with Gasteiger partial charge >= 0.3 is 0 Å². The number of furan rings is 1. The molecule has 1 aliphatic heterocycles. The van der Waals surface area contributed by atoms with E-state index in [0.717, 1.165) is 36.1 Å². The van der Waals surface area contributed by atoms with Gasteiger partial charge in [0.1, 0.15) is 15.1 Å². The molecule has 0 atom stereocenters. The number of rotatable bonds is 6. The lowest BCUT2D eigenvalue weighted by molar-refractivity contribution is -0.122. The molecule has 0 spiro atoms. The summed E-state index contributed by atoms with van der Waals surface area (Å²) in [5, 5.41) is 3.31. The summed E-state index contributed by atoms with van der Waals surface area (Å²) in [6, 6.07) is 3.48. The van der Waals surface area contributed by atoms with E-state index in [-0.39, 0.29) is 24.8 Å². The molecule has 2 aromatic heterocycles. The number of nitrogens with two attached hydrogens (primary N) is 1. The number of carbonyl (C=O) groups is 3. The molecule has 156 valence electrons. The van der Waals surface area contributed by atoms with Crippen molar-refractivity contribution >= 4 is 68.4 Å². The van der Waals surface area contributed by atoms with Gasteiger partial charge in [-0.3, -0.25) is 19.3 Å². The Kier molecular flexibility index (Phi) is 6.07. The number of thiophene rings is 1. The van der Waals surface area contributed by atoms with Crippen molar-refractivity contribution in [3.8, 4) is 0 Å². The van der Waals surface area contributed by atoms with Crippen LogP contribution in [0.1, 0.15) is 45.8 Å². The van der Waals surface area contributed by atoms with Crippen LogP contribution in [0.3, 0.4) is 0 Å².